The molecule has 0 fully saturated rings. The Morgan fingerprint density at radius 3 is 2.76 bits per heavy atom. The Balaban J connectivity index is 2.07. The van der Waals surface area contributed by atoms with E-state index < -0.39 is 0 Å². The fourth-order valence-corrected chi connectivity index (χ4v) is 1.61. The summed E-state index contributed by atoms with van der Waals surface area (Å²) in [5.41, 5.74) is 0. The standard InChI is InChI=1S/C12H16BrNO3/c1-16-12(15)11(13)9-14-7-8-17-10-5-3-2-4-6-10/h2-6,11,14H,7-9H2,1H3. The van der Waals surface area contributed by atoms with E-state index >= 15 is 0 Å². The van der Waals surface area contributed by atoms with Gasteiger partial charge in [0.15, 0.2) is 0 Å². The average Bonchev–Trinajstić information content (AvgIpc) is 2.38. The molecule has 0 spiro atoms. The summed E-state index contributed by atoms with van der Waals surface area (Å²) in [6.45, 7) is 1.75. The van der Waals surface area contributed by atoms with Crippen LogP contribution >= 0.6 is 15.9 Å². The van der Waals surface area contributed by atoms with Crippen molar-refractivity contribution in [1.29, 1.82) is 0 Å². The van der Waals surface area contributed by atoms with E-state index in [0.29, 0.717) is 19.7 Å². The van der Waals surface area contributed by atoms with Gasteiger partial charge in [-0.15, -0.1) is 0 Å². The SMILES string of the molecule is COC(=O)C(Br)CNCCOc1ccccc1. The second-order valence-electron chi connectivity index (χ2n) is 3.36. The van der Waals surface area contributed by atoms with Crippen molar-refractivity contribution >= 4 is 21.9 Å². The van der Waals surface area contributed by atoms with Crippen molar-refractivity contribution in [3.05, 3.63) is 30.3 Å². The minimum atomic E-state index is -0.316. The van der Waals surface area contributed by atoms with Gasteiger partial charge in [-0.05, 0) is 12.1 Å². The summed E-state index contributed by atoms with van der Waals surface area (Å²) in [4.78, 5) is 10.7. The maximum absolute atomic E-state index is 11.1. The van der Waals surface area contributed by atoms with E-state index in [1.807, 2.05) is 30.3 Å². The van der Waals surface area contributed by atoms with Gasteiger partial charge in [0.2, 0.25) is 0 Å². The molecule has 0 heterocycles. The number of alkyl halides is 1. The molecule has 0 aliphatic heterocycles. The molecule has 0 aromatic heterocycles. The van der Waals surface area contributed by atoms with Crippen molar-refractivity contribution in [3.8, 4) is 5.75 Å². The number of esters is 1. The Morgan fingerprint density at radius 1 is 1.41 bits per heavy atom. The molecular formula is C12H16BrNO3. The second kappa shape index (κ2) is 8.08. The zero-order chi connectivity index (χ0) is 12.5. The highest BCUT2D eigenvalue weighted by molar-refractivity contribution is 9.10. The number of nitrogens with one attached hydrogen (secondary N) is 1. The van der Waals surface area contributed by atoms with E-state index in [1.165, 1.54) is 7.11 Å². The maximum Gasteiger partial charge on any atom is 0.320 e. The van der Waals surface area contributed by atoms with Crippen LogP contribution in [0.4, 0.5) is 0 Å². The number of hydrogen-bond donors (Lipinski definition) is 1. The van der Waals surface area contributed by atoms with Gasteiger partial charge in [0.25, 0.3) is 0 Å². The Hall–Kier alpha value is -1.07. The fraction of sp³-hybridized carbons (Fsp3) is 0.417. The third-order valence-electron chi connectivity index (χ3n) is 2.07. The van der Waals surface area contributed by atoms with Gasteiger partial charge in [0.1, 0.15) is 17.2 Å². The van der Waals surface area contributed by atoms with Crippen LogP contribution in [0.5, 0.6) is 5.75 Å². The molecule has 1 unspecified atom stereocenters. The van der Waals surface area contributed by atoms with Crippen LogP contribution in [0.3, 0.4) is 0 Å². The summed E-state index contributed by atoms with van der Waals surface area (Å²) in [5.74, 6) is 0.569. The van der Waals surface area contributed by atoms with Crippen LogP contribution in [-0.2, 0) is 9.53 Å². The first kappa shape index (κ1) is 14.0. The van der Waals surface area contributed by atoms with Crippen molar-refractivity contribution < 1.29 is 14.3 Å². The molecule has 0 aliphatic carbocycles. The molecule has 1 atom stereocenters. The molecule has 0 aliphatic rings. The van der Waals surface area contributed by atoms with Crippen LogP contribution in [-0.4, -0.2) is 37.6 Å². The average molecular weight is 302 g/mol. The molecule has 1 aromatic carbocycles. The topological polar surface area (TPSA) is 47.6 Å². The van der Waals surface area contributed by atoms with Crippen molar-refractivity contribution in [2.24, 2.45) is 0 Å². The van der Waals surface area contributed by atoms with E-state index in [4.69, 9.17) is 4.74 Å². The first-order valence-corrected chi connectivity index (χ1v) is 6.26. The first-order valence-electron chi connectivity index (χ1n) is 5.34. The van der Waals surface area contributed by atoms with Gasteiger partial charge in [-0.25, -0.2) is 0 Å². The van der Waals surface area contributed by atoms with Gasteiger partial charge >= 0.3 is 5.97 Å². The Labute approximate surface area is 109 Å². The lowest BCUT2D eigenvalue weighted by atomic mass is 10.3. The first-order chi connectivity index (χ1) is 8.24. The summed E-state index contributed by atoms with van der Waals surface area (Å²) in [5, 5.41) is 3.10. The molecule has 0 saturated carbocycles. The summed E-state index contributed by atoms with van der Waals surface area (Å²) in [6.07, 6.45) is 0. The van der Waals surface area contributed by atoms with Crippen LogP contribution in [0, 0.1) is 0 Å². The van der Waals surface area contributed by atoms with Crippen molar-refractivity contribution in [2.45, 2.75) is 4.83 Å². The summed E-state index contributed by atoms with van der Waals surface area (Å²) in [7, 11) is 1.37. The van der Waals surface area contributed by atoms with Crippen molar-refractivity contribution in [2.75, 3.05) is 26.8 Å². The highest BCUT2D eigenvalue weighted by Crippen LogP contribution is 2.07. The molecular weight excluding hydrogens is 286 g/mol. The van der Waals surface area contributed by atoms with E-state index in [-0.39, 0.29) is 10.8 Å². The molecule has 0 bridgehead atoms. The Kier molecular flexibility index (Phi) is 6.65. The number of hydrogen-bond acceptors (Lipinski definition) is 4. The predicted molar refractivity (Wildman–Crippen MR) is 69.5 cm³/mol. The number of rotatable bonds is 7. The summed E-state index contributed by atoms with van der Waals surface area (Å²) in [6, 6.07) is 9.60. The van der Waals surface area contributed by atoms with Crippen LogP contribution in [0.2, 0.25) is 0 Å². The quantitative estimate of drug-likeness (QED) is 0.472. The van der Waals surface area contributed by atoms with Crippen molar-refractivity contribution in [1.82, 2.24) is 5.32 Å². The number of carbonyl (C=O) groups excluding carboxylic acids is 1. The smallest absolute Gasteiger partial charge is 0.320 e. The molecule has 17 heavy (non-hydrogen) atoms. The number of carbonyl (C=O) groups is 1. The van der Waals surface area contributed by atoms with Crippen LogP contribution in [0.25, 0.3) is 0 Å². The Morgan fingerprint density at radius 2 is 2.12 bits per heavy atom. The van der Waals surface area contributed by atoms with Crippen LogP contribution < -0.4 is 10.1 Å². The van der Waals surface area contributed by atoms with Crippen LogP contribution in [0.15, 0.2) is 30.3 Å². The molecule has 0 saturated heterocycles. The second-order valence-corrected chi connectivity index (χ2v) is 4.46. The molecule has 1 N–H and O–H groups in total. The Bertz CT molecular complexity index is 332. The van der Waals surface area contributed by atoms with Gasteiger partial charge < -0.3 is 14.8 Å². The lowest BCUT2D eigenvalue weighted by molar-refractivity contribution is -0.139. The van der Waals surface area contributed by atoms with Gasteiger partial charge in [-0.3, -0.25) is 4.79 Å². The molecule has 1 rings (SSSR count). The molecule has 0 amide bonds. The number of ether oxygens (including phenoxy) is 2. The monoisotopic (exact) mass is 301 g/mol. The third kappa shape index (κ3) is 5.70. The summed E-state index contributed by atoms with van der Waals surface area (Å²) >= 11 is 3.22. The summed E-state index contributed by atoms with van der Waals surface area (Å²) < 4.78 is 10.1. The molecule has 94 valence electrons. The van der Waals surface area contributed by atoms with E-state index in [2.05, 4.69) is 26.0 Å². The van der Waals surface area contributed by atoms with E-state index in [9.17, 15) is 4.79 Å². The number of methoxy groups -OCH3 is 1. The molecule has 1 aromatic rings. The molecule has 5 heteroatoms. The number of para-hydroxylation sites is 1. The predicted octanol–water partition coefficient (Wildman–Crippen LogP) is 1.59. The van der Waals surface area contributed by atoms with Crippen LogP contribution in [0.1, 0.15) is 0 Å². The minimum absolute atomic E-state index is 0.276. The number of benzene rings is 1. The molecule has 0 radical (unpaired) electrons. The highest BCUT2D eigenvalue weighted by atomic mass is 79.9. The number of halogens is 1. The zero-order valence-corrected chi connectivity index (χ0v) is 11.3. The van der Waals surface area contributed by atoms with Crippen molar-refractivity contribution in [3.63, 3.8) is 0 Å². The van der Waals surface area contributed by atoms with Gasteiger partial charge in [-0.2, -0.15) is 0 Å². The van der Waals surface area contributed by atoms with Gasteiger partial charge in [-0.1, -0.05) is 34.1 Å². The fourth-order valence-electron chi connectivity index (χ4n) is 1.20. The normalized spacial score (nSPS) is 11.9. The molecule has 4 nitrogen and oxygen atoms in total. The largest absolute Gasteiger partial charge is 0.492 e. The van der Waals surface area contributed by atoms with E-state index in [0.717, 1.165) is 5.75 Å². The van der Waals surface area contributed by atoms with E-state index in [1.54, 1.807) is 0 Å². The lowest BCUT2D eigenvalue weighted by Gasteiger charge is -2.10. The minimum Gasteiger partial charge on any atom is -0.492 e. The maximum atomic E-state index is 11.1. The lowest BCUT2D eigenvalue weighted by Crippen LogP contribution is -2.32. The van der Waals surface area contributed by atoms with Gasteiger partial charge in [0.05, 0.1) is 7.11 Å². The highest BCUT2D eigenvalue weighted by Gasteiger charge is 2.13. The zero-order valence-electron chi connectivity index (χ0n) is 9.69. The third-order valence-corrected chi connectivity index (χ3v) is 2.77. The van der Waals surface area contributed by atoms with Gasteiger partial charge in [0, 0.05) is 13.1 Å².